The van der Waals surface area contributed by atoms with Crippen LogP contribution in [-0.4, -0.2) is 24.1 Å². The van der Waals surface area contributed by atoms with E-state index in [1.165, 1.54) is 10.6 Å². The van der Waals surface area contributed by atoms with Crippen molar-refractivity contribution in [2.75, 3.05) is 19.0 Å². The van der Waals surface area contributed by atoms with Crippen molar-refractivity contribution in [3.8, 4) is 0 Å². The molecule has 1 N–H and O–H groups in total. The topological polar surface area (TPSA) is 41.0 Å². The first-order valence-electron chi connectivity index (χ1n) is 7.29. The SMILES string of the molecule is CNCc1sc(N(C)Cc2cccc(C)n2)nc1C(C)C. The number of rotatable bonds is 6. The van der Waals surface area contributed by atoms with Gasteiger partial charge < -0.3 is 10.2 Å². The molecule has 0 saturated carbocycles. The lowest BCUT2D eigenvalue weighted by molar-refractivity contribution is 0.767. The van der Waals surface area contributed by atoms with Gasteiger partial charge in [-0.15, -0.1) is 11.3 Å². The maximum Gasteiger partial charge on any atom is 0.185 e. The summed E-state index contributed by atoms with van der Waals surface area (Å²) in [6.45, 7) is 8.07. The van der Waals surface area contributed by atoms with Crippen molar-refractivity contribution in [3.63, 3.8) is 0 Å². The predicted molar refractivity (Wildman–Crippen MR) is 90.0 cm³/mol. The quantitative estimate of drug-likeness (QED) is 0.889. The van der Waals surface area contributed by atoms with E-state index in [9.17, 15) is 0 Å². The van der Waals surface area contributed by atoms with E-state index in [1.807, 2.05) is 20.0 Å². The lowest BCUT2D eigenvalue weighted by atomic mass is 10.1. The number of aromatic nitrogens is 2. The standard InChI is InChI=1S/C16H24N4S/c1-11(2)15-14(9-17-4)21-16(19-15)20(5)10-13-8-6-7-12(3)18-13/h6-8,11,17H,9-10H2,1-5H3. The first kappa shape index (κ1) is 15.9. The smallest absolute Gasteiger partial charge is 0.185 e. The van der Waals surface area contributed by atoms with Gasteiger partial charge in [0.15, 0.2) is 5.13 Å². The van der Waals surface area contributed by atoms with Crippen molar-refractivity contribution >= 4 is 16.5 Å². The molecule has 21 heavy (non-hydrogen) atoms. The van der Waals surface area contributed by atoms with Gasteiger partial charge in [0.25, 0.3) is 0 Å². The minimum atomic E-state index is 0.448. The lowest BCUT2D eigenvalue weighted by Gasteiger charge is -2.15. The summed E-state index contributed by atoms with van der Waals surface area (Å²) in [6, 6.07) is 6.14. The van der Waals surface area contributed by atoms with Crippen LogP contribution in [0.3, 0.4) is 0 Å². The fourth-order valence-corrected chi connectivity index (χ4v) is 3.44. The van der Waals surface area contributed by atoms with Gasteiger partial charge in [-0.3, -0.25) is 4.98 Å². The monoisotopic (exact) mass is 304 g/mol. The van der Waals surface area contributed by atoms with Crippen molar-refractivity contribution in [1.82, 2.24) is 15.3 Å². The van der Waals surface area contributed by atoms with Crippen LogP contribution in [0.5, 0.6) is 0 Å². The van der Waals surface area contributed by atoms with Gasteiger partial charge in [0.2, 0.25) is 0 Å². The van der Waals surface area contributed by atoms with Crippen LogP contribution in [0, 0.1) is 6.92 Å². The second kappa shape index (κ2) is 7.00. The van der Waals surface area contributed by atoms with Crippen LogP contribution in [-0.2, 0) is 13.1 Å². The highest BCUT2D eigenvalue weighted by molar-refractivity contribution is 7.15. The maximum atomic E-state index is 4.82. The van der Waals surface area contributed by atoms with Gasteiger partial charge in [-0.25, -0.2) is 4.98 Å². The van der Waals surface area contributed by atoms with Gasteiger partial charge in [-0.05, 0) is 32.0 Å². The fraction of sp³-hybridized carbons (Fsp3) is 0.500. The molecule has 0 atom stereocenters. The normalized spacial score (nSPS) is 11.1. The minimum absolute atomic E-state index is 0.448. The number of pyridine rings is 1. The first-order valence-corrected chi connectivity index (χ1v) is 8.10. The molecule has 0 aliphatic rings. The summed E-state index contributed by atoms with van der Waals surface area (Å²) in [4.78, 5) is 12.9. The van der Waals surface area contributed by atoms with E-state index in [0.717, 1.165) is 29.6 Å². The molecule has 2 aromatic rings. The van der Waals surface area contributed by atoms with Crippen LogP contribution >= 0.6 is 11.3 Å². The van der Waals surface area contributed by atoms with Gasteiger partial charge in [0, 0.05) is 24.2 Å². The van der Waals surface area contributed by atoms with E-state index in [4.69, 9.17) is 4.98 Å². The Kier molecular flexibility index (Phi) is 5.31. The van der Waals surface area contributed by atoms with E-state index < -0.39 is 0 Å². The van der Waals surface area contributed by atoms with Crippen LogP contribution in [0.4, 0.5) is 5.13 Å². The number of nitrogens with one attached hydrogen (secondary N) is 1. The minimum Gasteiger partial charge on any atom is -0.345 e. The average Bonchev–Trinajstić information content (AvgIpc) is 2.83. The van der Waals surface area contributed by atoms with Gasteiger partial charge in [0.05, 0.1) is 17.9 Å². The zero-order chi connectivity index (χ0) is 15.4. The third-order valence-corrected chi connectivity index (χ3v) is 4.46. The summed E-state index contributed by atoms with van der Waals surface area (Å²) in [5, 5.41) is 4.29. The number of aryl methyl sites for hydroxylation is 1. The van der Waals surface area contributed by atoms with Gasteiger partial charge in [-0.2, -0.15) is 0 Å². The van der Waals surface area contributed by atoms with Crippen molar-refractivity contribution in [2.24, 2.45) is 0 Å². The first-order chi connectivity index (χ1) is 10.0. The highest BCUT2D eigenvalue weighted by Gasteiger charge is 2.16. The van der Waals surface area contributed by atoms with Gasteiger partial charge in [-0.1, -0.05) is 19.9 Å². The highest BCUT2D eigenvalue weighted by Crippen LogP contribution is 2.30. The summed E-state index contributed by atoms with van der Waals surface area (Å²) in [6.07, 6.45) is 0. The Labute approximate surface area is 131 Å². The highest BCUT2D eigenvalue weighted by atomic mass is 32.1. The molecule has 114 valence electrons. The summed E-state index contributed by atoms with van der Waals surface area (Å²) < 4.78 is 0. The van der Waals surface area contributed by atoms with Crippen LogP contribution in [0.15, 0.2) is 18.2 Å². The van der Waals surface area contributed by atoms with Crippen LogP contribution in [0.2, 0.25) is 0 Å². The molecule has 0 amide bonds. The van der Waals surface area contributed by atoms with Crippen molar-refractivity contribution in [3.05, 3.63) is 40.2 Å². The van der Waals surface area contributed by atoms with Crippen molar-refractivity contribution < 1.29 is 0 Å². The van der Waals surface area contributed by atoms with Gasteiger partial charge in [0.1, 0.15) is 0 Å². The van der Waals surface area contributed by atoms with E-state index in [-0.39, 0.29) is 0 Å². The molecule has 0 fully saturated rings. The number of thiazole rings is 1. The molecule has 2 heterocycles. The van der Waals surface area contributed by atoms with Gasteiger partial charge >= 0.3 is 0 Å². The van der Waals surface area contributed by atoms with E-state index in [2.05, 4.69) is 48.2 Å². The molecule has 4 nitrogen and oxygen atoms in total. The molecule has 0 bridgehead atoms. The molecule has 0 aromatic carbocycles. The molecular weight excluding hydrogens is 280 g/mol. The molecule has 5 heteroatoms. The van der Waals surface area contributed by atoms with Crippen molar-refractivity contribution in [2.45, 2.75) is 39.8 Å². The Morgan fingerprint density at radius 2 is 2.05 bits per heavy atom. The molecule has 0 radical (unpaired) electrons. The number of hydrogen-bond donors (Lipinski definition) is 1. The second-order valence-electron chi connectivity index (χ2n) is 5.62. The number of nitrogens with zero attached hydrogens (tertiary/aromatic N) is 3. The van der Waals surface area contributed by atoms with E-state index >= 15 is 0 Å². The average molecular weight is 304 g/mol. The summed E-state index contributed by atoms with van der Waals surface area (Å²) in [5.41, 5.74) is 3.33. The molecule has 2 aromatic heterocycles. The summed E-state index contributed by atoms with van der Waals surface area (Å²) in [7, 11) is 4.06. The Morgan fingerprint density at radius 1 is 1.29 bits per heavy atom. The molecule has 0 aliphatic carbocycles. The zero-order valence-corrected chi connectivity index (χ0v) is 14.3. The molecule has 0 saturated heterocycles. The second-order valence-corrected chi connectivity index (χ2v) is 6.68. The Morgan fingerprint density at radius 3 is 2.67 bits per heavy atom. The van der Waals surface area contributed by atoms with Crippen LogP contribution < -0.4 is 10.2 Å². The number of anilines is 1. The Bertz CT molecular complexity index is 592. The third kappa shape index (κ3) is 4.02. The fourth-order valence-electron chi connectivity index (χ4n) is 2.25. The largest absolute Gasteiger partial charge is 0.345 e. The van der Waals surface area contributed by atoms with Crippen LogP contribution in [0.25, 0.3) is 0 Å². The number of hydrogen-bond acceptors (Lipinski definition) is 5. The Balaban J connectivity index is 2.18. The zero-order valence-electron chi connectivity index (χ0n) is 13.5. The molecule has 0 unspecified atom stereocenters. The summed E-state index contributed by atoms with van der Waals surface area (Å²) in [5.74, 6) is 0.448. The molecule has 0 spiro atoms. The molecular formula is C16H24N4S. The van der Waals surface area contributed by atoms with E-state index in [0.29, 0.717) is 5.92 Å². The van der Waals surface area contributed by atoms with Crippen molar-refractivity contribution in [1.29, 1.82) is 0 Å². The van der Waals surface area contributed by atoms with E-state index in [1.54, 1.807) is 11.3 Å². The van der Waals surface area contributed by atoms with Crippen LogP contribution in [0.1, 0.15) is 41.7 Å². The predicted octanol–water partition coefficient (Wildman–Crippen LogP) is 3.33. The third-order valence-electron chi connectivity index (χ3n) is 3.27. The molecule has 2 rings (SSSR count). The Hall–Kier alpha value is -1.46. The summed E-state index contributed by atoms with van der Waals surface area (Å²) >= 11 is 1.77. The molecule has 0 aliphatic heterocycles. The lowest BCUT2D eigenvalue weighted by Crippen LogP contribution is -2.17. The maximum absolute atomic E-state index is 4.82.